The van der Waals surface area contributed by atoms with Gasteiger partial charge in [-0.2, -0.15) is 0 Å². The number of thiophene rings is 1. The van der Waals surface area contributed by atoms with Gasteiger partial charge in [-0.05, 0) is 43.2 Å². The summed E-state index contributed by atoms with van der Waals surface area (Å²) >= 11 is 1.72. The molecule has 1 aliphatic carbocycles. The third-order valence-electron chi connectivity index (χ3n) is 4.56. The molecule has 0 saturated heterocycles. The van der Waals surface area contributed by atoms with E-state index in [1.807, 2.05) is 23.6 Å². The molecule has 0 aliphatic heterocycles. The lowest BCUT2D eigenvalue weighted by Crippen LogP contribution is -2.29. The topological polar surface area (TPSA) is 49.3 Å². The maximum atomic E-state index is 12.6. The molecule has 3 rings (SSSR count). The predicted molar refractivity (Wildman–Crippen MR) is 94.2 cm³/mol. The van der Waals surface area contributed by atoms with Gasteiger partial charge in [0, 0.05) is 29.3 Å². The molecule has 1 amide bonds. The summed E-state index contributed by atoms with van der Waals surface area (Å²) < 4.78 is 0. The highest BCUT2D eigenvalue weighted by atomic mass is 32.1. The Kier molecular flexibility index (Phi) is 5.47. The smallest absolute Gasteiger partial charge is 0.252 e. The van der Waals surface area contributed by atoms with Gasteiger partial charge in [0.25, 0.3) is 5.91 Å². The standard InChI is InChI=1S/C19H23NO2S/c21-11-10-15(14-6-2-1-3-7-14)12-20-19(22)17-13-23-18-9-5-4-8-16(17)18/h1-3,6-7,13,15,21H,4-5,8-12H2,(H,20,22). The molecule has 4 heteroatoms. The quantitative estimate of drug-likeness (QED) is 0.852. The van der Waals surface area contributed by atoms with E-state index in [9.17, 15) is 9.90 Å². The van der Waals surface area contributed by atoms with E-state index in [0.717, 1.165) is 24.0 Å². The monoisotopic (exact) mass is 329 g/mol. The van der Waals surface area contributed by atoms with Crippen LogP contribution in [0.4, 0.5) is 0 Å². The first-order valence-electron chi connectivity index (χ1n) is 8.33. The summed E-state index contributed by atoms with van der Waals surface area (Å²) in [4.78, 5) is 13.9. The highest BCUT2D eigenvalue weighted by Crippen LogP contribution is 2.30. The van der Waals surface area contributed by atoms with Crippen LogP contribution in [0, 0.1) is 0 Å². The van der Waals surface area contributed by atoms with Gasteiger partial charge in [-0.25, -0.2) is 0 Å². The molecule has 23 heavy (non-hydrogen) atoms. The van der Waals surface area contributed by atoms with Crippen molar-refractivity contribution in [2.45, 2.75) is 38.0 Å². The number of rotatable bonds is 6. The van der Waals surface area contributed by atoms with Gasteiger partial charge in [-0.3, -0.25) is 4.79 Å². The minimum atomic E-state index is 0.0308. The number of aliphatic hydroxyl groups is 1. The van der Waals surface area contributed by atoms with Crippen molar-refractivity contribution < 1.29 is 9.90 Å². The van der Waals surface area contributed by atoms with Gasteiger partial charge in [0.15, 0.2) is 0 Å². The Hall–Kier alpha value is -1.65. The molecule has 0 fully saturated rings. The maximum Gasteiger partial charge on any atom is 0.252 e. The van der Waals surface area contributed by atoms with Crippen LogP contribution in [-0.4, -0.2) is 24.2 Å². The zero-order valence-corrected chi connectivity index (χ0v) is 14.1. The number of aliphatic hydroxyl groups excluding tert-OH is 1. The third kappa shape index (κ3) is 3.82. The van der Waals surface area contributed by atoms with Crippen LogP contribution in [0.5, 0.6) is 0 Å². The van der Waals surface area contributed by atoms with Crippen LogP contribution in [0.3, 0.4) is 0 Å². The molecule has 1 atom stereocenters. The lowest BCUT2D eigenvalue weighted by Gasteiger charge is -2.18. The molecule has 1 aromatic carbocycles. The van der Waals surface area contributed by atoms with Crippen molar-refractivity contribution in [3.63, 3.8) is 0 Å². The first kappa shape index (κ1) is 16.2. The summed E-state index contributed by atoms with van der Waals surface area (Å²) in [7, 11) is 0. The molecule has 1 aliphatic rings. The number of carbonyl (C=O) groups excluding carboxylic acids is 1. The van der Waals surface area contributed by atoms with E-state index in [-0.39, 0.29) is 18.4 Å². The van der Waals surface area contributed by atoms with Crippen LogP contribution in [0.15, 0.2) is 35.7 Å². The largest absolute Gasteiger partial charge is 0.396 e. The van der Waals surface area contributed by atoms with Crippen molar-refractivity contribution in [2.75, 3.05) is 13.2 Å². The van der Waals surface area contributed by atoms with Crippen molar-refractivity contribution in [1.82, 2.24) is 5.32 Å². The highest BCUT2D eigenvalue weighted by Gasteiger charge is 2.21. The third-order valence-corrected chi connectivity index (χ3v) is 5.65. The van der Waals surface area contributed by atoms with E-state index < -0.39 is 0 Å². The van der Waals surface area contributed by atoms with Crippen molar-refractivity contribution in [2.24, 2.45) is 0 Å². The number of nitrogens with one attached hydrogen (secondary N) is 1. The van der Waals surface area contributed by atoms with Crippen LogP contribution in [-0.2, 0) is 12.8 Å². The number of fused-ring (bicyclic) bond motifs is 1. The summed E-state index contributed by atoms with van der Waals surface area (Å²) in [5.74, 6) is 0.183. The molecular weight excluding hydrogens is 306 g/mol. The first-order chi connectivity index (χ1) is 11.3. The number of amides is 1. The fourth-order valence-electron chi connectivity index (χ4n) is 3.26. The Morgan fingerprint density at radius 2 is 2.00 bits per heavy atom. The van der Waals surface area contributed by atoms with E-state index >= 15 is 0 Å². The van der Waals surface area contributed by atoms with Crippen LogP contribution >= 0.6 is 11.3 Å². The summed E-state index contributed by atoms with van der Waals surface area (Å²) in [6.45, 7) is 0.692. The van der Waals surface area contributed by atoms with Gasteiger partial charge >= 0.3 is 0 Å². The van der Waals surface area contributed by atoms with Gasteiger partial charge in [0.2, 0.25) is 0 Å². The molecule has 2 N–H and O–H groups in total. The Morgan fingerprint density at radius 1 is 1.22 bits per heavy atom. The van der Waals surface area contributed by atoms with Crippen molar-refractivity contribution in [3.05, 3.63) is 57.3 Å². The number of aryl methyl sites for hydroxylation is 1. The zero-order valence-electron chi connectivity index (χ0n) is 13.3. The van der Waals surface area contributed by atoms with Gasteiger partial charge in [-0.15, -0.1) is 11.3 Å². The fourth-order valence-corrected chi connectivity index (χ4v) is 4.39. The van der Waals surface area contributed by atoms with Crippen LogP contribution in [0.2, 0.25) is 0 Å². The fraction of sp³-hybridized carbons (Fsp3) is 0.421. The maximum absolute atomic E-state index is 12.6. The summed E-state index contributed by atoms with van der Waals surface area (Å²) in [6, 6.07) is 10.1. The van der Waals surface area contributed by atoms with Crippen molar-refractivity contribution in [3.8, 4) is 0 Å². The molecular formula is C19H23NO2S. The van der Waals surface area contributed by atoms with Gasteiger partial charge in [0.05, 0.1) is 5.56 Å². The van der Waals surface area contributed by atoms with Crippen LogP contribution in [0.1, 0.15) is 51.5 Å². The average Bonchev–Trinajstić information content (AvgIpc) is 3.03. The van der Waals surface area contributed by atoms with E-state index in [1.165, 1.54) is 23.3 Å². The van der Waals surface area contributed by atoms with E-state index in [0.29, 0.717) is 13.0 Å². The minimum absolute atomic E-state index is 0.0308. The molecule has 0 radical (unpaired) electrons. The Morgan fingerprint density at radius 3 is 2.78 bits per heavy atom. The van der Waals surface area contributed by atoms with E-state index in [2.05, 4.69) is 17.4 Å². The molecule has 0 bridgehead atoms. The Balaban J connectivity index is 1.66. The van der Waals surface area contributed by atoms with E-state index in [4.69, 9.17) is 0 Å². The average molecular weight is 329 g/mol. The predicted octanol–water partition coefficient (Wildman–Crippen LogP) is 3.52. The molecule has 122 valence electrons. The number of carbonyl (C=O) groups is 1. The molecule has 0 saturated carbocycles. The van der Waals surface area contributed by atoms with Crippen LogP contribution < -0.4 is 5.32 Å². The minimum Gasteiger partial charge on any atom is -0.396 e. The Bertz CT molecular complexity index is 651. The summed E-state index contributed by atoms with van der Waals surface area (Å²) in [5, 5.41) is 14.4. The molecule has 3 nitrogen and oxygen atoms in total. The van der Waals surface area contributed by atoms with Crippen molar-refractivity contribution in [1.29, 1.82) is 0 Å². The normalized spacial score (nSPS) is 15.0. The second-order valence-electron chi connectivity index (χ2n) is 6.09. The lowest BCUT2D eigenvalue weighted by molar-refractivity contribution is 0.0948. The number of benzene rings is 1. The molecule has 0 spiro atoms. The number of hydrogen-bond donors (Lipinski definition) is 2. The Labute approximate surface area is 141 Å². The molecule has 2 aromatic rings. The first-order valence-corrected chi connectivity index (χ1v) is 9.21. The molecule has 1 unspecified atom stereocenters. The van der Waals surface area contributed by atoms with Gasteiger partial charge < -0.3 is 10.4 Å². The van der Waals surface area contributed by atoms with Gasteiger partial charge in [-0.1, -0.05) is 30.3 Å². The molecule has 1 heterocycles. The van der Waals surface area contributed by atoms with Crippen molar-refractivity contribution >= 4 is 17.2 Å². The molecule has 1 aromatic heterocycles. The zero-order chi connectivity index (χ0) is 16.1. The van der Waals surface area contributed by atoms with Crippen LogP contribution in [0.25, 0.3) is 0 Å². The highest BCUT2D eigenvalue weighted by molar-refractivity contribution is 7.10. The summed E-state index contributed by atoms with van der Waals surface area (Å²) in [6.07, 6.45) is 5.22. The second kappa shape index (κ2) is 7.75. The second-order valence-corrected chi connectivity index (χ2v) is 7.05. The lowest BCUT2D eigenvalue weighted by atomic mass is 9.94. The SMILES string of the molecule is O=C(NCC(CCO)c1ccccc1)c1csc2c1CCCC2. The number of hydrogen-bond acceptors (Lipinski definition) is 3. The van der Waals surface area contributed by atoms with Gasteiger partial charge in [0.1, 0.15) is 0 Å². The summed E-state index contributed by atoms with van der Waals surface area (Å²) in [5.41, 5.74) is 3.28. The van der Waals surface area contributed by atoms with E-state index in [1.54, 1.807) is 11.3 Å².